The molecule has 0 aromatic rings. The van der Waals surface area contributed by atoms with Crippen molar-refractivity contribution < 1.29 is 0 Å². The molecular weight excluding hydrogens is 254 g/mol. The van der Waals surface area contributed by atoms with Crippen LogP contribution in [0.15, 0.2) is 0 Å². The summed E-state index contributed by atoms with van der Waals surface area (Å²) in [5.41, 5.74) is 0. The number of hydrogen-bond donors (Lipinski definition) is 0. The molecule has 0 bridgehead atoms. The highest BCUT2D eigenvalue weighted by molar-refractivity contribution is 8.04. The average Bonchev–Trinajstić information content (AvgIpc) is 1.44. The molecule has 0 spiro atoms. The molecule has 0 radical (unpaired) electrons. The Bertz CT molecular complexity index is 218. The largest absolute Gasteiger partial charge is 0.174 e. The second-order valence-corrected chi connectivity index (χ2v) is 23.6. The van der Waals surface area contributed by atoms with Crippen molar-refractivity contribution in [1.29, 1.82) is 0 Å². The van der Waals surface area contributed by atoms with Crippen molar-refractivity contribution in [2.75, 3.05) is 13.3 Å². The highest BCUT2D eigenvalue weighted by Gasteiger charge is 2.37. The molecule has 0 heterocycles. The second kappa shape index (κ2) is 4.05. The van der Waals surface area contributed by atoms with Gasteiger partial charge in [0.05, 0.1) is 8.07 Å². The van der Waals surface area contributed by atoms with E-state index in [1.165, 1.54) is 0 Å². The fraction of sp³-hybridized carbons (Fsp3) is 0.875. The highest BCUT2D eigenvalue weighted by Crippen LogP contribution is 2.50. The molecule has 0 aliphatic carbocycles. The van der Waals surface area contributed by atoms with Gasteiger partial charge in [0.1, 0.15) is 0 Å². The van der Waals surface area contributed by atoms with Crippen molar-refractivity contribution in [2.45, 2.75) is 32.7 Å². The lowest BCUT2D eigenvalue weighted by Gasteiger charge is -2.34. The lowest BCUT2D eigenvalue weighted by atomic mass is 11.7. The molecule has 0 N–H and O–H groups in total. The van der Waals surface area contributed by atoms with Gasteiger partial charge in [-0.3, -0.25) is 0 Å². The normalized spacial score (nSPS) is 14.5. The van der Waals surface area contributed by atoms with Crippen molar-refractivity contribution in [3.63, 3.8) is 0 Å². The first kappa shape index (κ1) is 14.3. The Morgan fingerprint density at radius 2 is 1.31 bits per heavy atom. The molecule has 0 amide bonds. The minimum atomic E-state index is -1.69. The van der Waals surface area contributed by atoms with Crippen molar-refractivity contribution in [3.8, 4) is 0 Å². The van der Waals surface area contributed by atoms with Gasteiger partial charge in [-0.05, 0) is 19.6 Å². The maximum absolute atomic E-state index is 6.55. The predicted octanol–water partition coefficient (Wildman–Crippen LogP) is 4.45. The Morgan fingerprint density at radius 3 is 1.31 bits per heavy atom. The fourth-order valence-corrected chi connectivity index (χ4v) is 29.9. The van der Waals surface area contributed by atoms with Crippen molar-refractivity contribution in [3.05, 3.63) is 0 Å². The molecule has 0 aromatic carbocycles. The summed E-state index contributed by atoms with van der Waals surface area (Å²) in [6, 6.07) is 0. The lowest BCUT2D eigenvalue weighted by molar-refractivity contribution is 1.83. The van der Waals surface area contributed by atoms with Crippen LogP contribution >= 0.6 is 28.6 Å². The second-order valence-electron chi connectivity index (χ2n) is 5.39. The van der Waals surface area contributed by atoms with Gasteiger partial charge in [-0.15, -0.1) is 0 Å². The Morgan fingerprint density at radius 1 is 1.00 bits per heavy atom. The van der Waals surface area contributed by atoms with Crippen LogP contribution in [0.1, 0.15) is 0 Å². The van der Waals surface area contributed by atoms with Crippen molar-refractivity contribution in [1.82, 2.24) is 0 Å². The van der Waals surface area contributed by atoms with Gasteiger partial charge in [0, 0.05) is 0 Å². The van der Waals surface area contributed by atoms with E-state index in [4.69, 9.17) is 22.3 Å². The summed E-state index contributed by atoms with van der Waals surface area (Å²) in [6.07, 6.45) is -1.39. The first-order valence-corrected chi connectivity index (χ1v) is 15.6. The molecule has 13 heavy (non-hydrogen) atoms. The zero-order valence-electron chi connectivity index (χ0n) is 9.70. The first-order valence-electron chi connectivity index (χ1n) is 4.48. The van der Waals surface area contributed by atoms with E-state index >= 15 is 0 Å². The summed E-state index contributed by atoms with van der Waals surface area (Å²) in [4.78, 5) is 0. The Labute approximate surface area is 94.5 Å². The maximum Gasteiger partial charge on any atom is 0.174 e. The Hall–Kier alpha value is 1.31. The third-order valence-electron chi connectivity index (χ3n) is 1.81. The predicted molar refractivity (Wildman–Crippen MR) is 76.3 cm³/mol. The fourth-order valence-electron chi connectivity index (χ4n) is 2.32. The molecule has 0 unspecified atom stereocenters. The molecule has 0 saturated heterocycles. The summed E-state index contributed by atoms with van der Waals surface area (Å²) < 4.78 is 1.57. The van der Waals surface area contributed by atoms with Gasteiger partial charge < -0.3 is 0 Å². The van der Waals surface area contributed by atoms with Crippen LogP contribution in [0.4, 0.5) is 0 Å². The van der Waals surface area contributed by atoms with Gasteiger partial charge in [0.2, 0.25) is 0 Å². The highest BCUT2D eigenvalue weighted by atomic mass is 35.7. The summed E-state index contributed by atoms with van der Waals surface area (Å²) in [5, 5.41) is 0. The van der Waals surface area contributed by atoms with Gasteiger partial charge in [0.25, 0.3) is 0 Å². The monoisotopic (exact) mass is 274 g/mol. The van der Waals surface area contributed by atoms with Gasteiger partial charge in [-0.1, -0.05) is 48.5 Å². The molecule has 0 aromatic heterocycles. The number of halogens is 2. The molecule has 0 rings (SSSR count). The Kier molecular flexibility index (Phi) is 4.46. The lowest BCUT2D eigenvalue weighted by Crippen LogP contribution is -2.48. The SMILES string of the molecule is C[Si](C)(C)C([Si](C)(C)Cl)=P(C)(C)Cl. The number of rotatable bonds is 2. The van der Waals surface area contributed by atoms with E-state index < -0.39 is 21.7 Å². The Balaban J connectivity index is 5.56. The molecule has 0 atom stereocenters. The van der Waals surface area contributed by atoms with Gasteiger partial charge in [-0.2, -0.15) is 11.1 Å². The van der Waals surface area contributed by atoms with Crippen LogP contribution in [0, 0.1) is 0 Å². The standard InChI is InChI=1S/C8H21Cl2PSi2/c1-11(2,9)8(12(3,4)5)13(6,7)10/h1-7H3. The molecule has 0 fully saturated rings. The van der Waals surface area contributed by atoms with E-state index in [1.54, 1.807) is 4.54 Å². The van der Waals surface area contributed by atoms with E-state index in [0.29, 0.717) is 0 Å². The molecular formula is C8H21Cl2PSi2. The minimum Gasteiger partial charge on any atom is -0.162 e. The zero-order valence-corrected chi connectivity index (χ0v) is 14.1. The van der Waals surface area contributed by atoms with E-state index in [2.05, 4.69) is 46.1 Å². The number of hydrogen-bond acceptors (Lipinski definition) is 0. The third-order valence-corrected chi connectivity index (χ3v) is 19.4. The van der Waals surface area contributed by atoms with Crippen LogP contribution in [0.25, 0.3) is 0 Å². The van der Waals surface area contributed by atoms with Crippen LogP contribution in [0.3, 0.4) is 0 Å². The maximum atomic E-state index is 6.55. The van der Waals surface area contributed by atoms with Crippen LogP contribution in [-0.4, -0.2) is 33.3 Å². The average molecular weight is 275 g/mol. The minimum absolute atomic E-state index is 1.29. The van der Waals surface area contributed by atoms with Crippen LogP contribution < -0.4 is 0 Å². The third kappa shape index (κ3) is 4.57. The molecule has 0 aliphatic rings. The van der Waals surface area contributed by atoms with E-state index in [0.717, 1.165) is 0 Å². The van der Waals surface area contributed by atoms with Gasteiger partial charge in [-0.25, -0.2) is 0 Å². The summed E-state index contributed by atoms with van der Waals surface area (Å²) in [6.45, 7) is 15.8. The first-order chi connectivity index (χ1) is 5.37. The van der Waals surface area contributed by atoms with Crippen LogP contribution in [0.5, 0.6) is 0 Å². The smallest absolute Gasteiger partial charge is 0.162 e. The summed E-state index contributed by atoms with van der Waals surface area (Å²) >= 11 is 13.1. The topological polar surface area (TPSA) is 0 Å². The van der Waals surface area contributed by atoms with E-state index in [1.807, 2.05) is 0 Å². The quantitative estimate of drug-likeness (QED) is 0.397. The van der Waals surface area contributed by atoms with Crippen LogP contribution in [0.2, 0.25) is 32.7 Å². The molecule has 0 saturated carbocycles. The van der Waals surface area contributed by atoms with Gasteiger partial charge in [0.15, 0.2) is 7.38 Å². The van der Waals surface area contributed by atoms with Crippen LogP contribution in [-0.2, 0) is 0 Å². The van der Waals surface area contributed by atoms with E-state index in [-0.39, 0.29) is 0 Å². The molecule has 0 nitrogen and oxygen atoms in total. The van der Waals surface area contributed by atoms with E-state index in [9.17, 15) is 0 Å². The van der Waals surface area contributed by atoms with Crippen molar-refractivity contribution >= 4 is 48.6 Å². The molecule has 5 heteroatoms. The van der Waals surface area contributed by atoms with Gasteiger partial charge >= 0.3 is 0 Å². The molecule has 80 valence electrons. The molecule has 0 aliphatic heterocycles. The van der Waals surface area contributed by atoms with Crippen molar-refractivity contribution in [2.24, 2.45) is 0 Å². The summed E-state index contributed by atoms with van der Waals surface area (Å²) in [7, 11) is -2.98. The zero-order chi connectivity index (χ0) is 11.1. The summed E-state index contributed by atoms with van der Waals surface area (Å²) in [5.74, 6) is 0.